The molecule has 21 heavy (non-hydrogen) atoms. The molecule has 3 saturated heterocycles. The van der Waals surface area contributed by atoms with Crippen LogP contribution in [0.2, 0.25) is 0 Å². The number of rotatable bonds is 2. The first-order valence-electron chi connectivity index (χ1n) is 8.44. The van der Waals surface area contributed by atoms with Crippen molar-refractivity contribution in [3.63, 3.8) is 0 Å². The molecule has 3 heterocycles. The minimum absolute atomic E-state index is 0.334. The first-order valence-corrected chi connectivity index (χ1v) is 8.44. The molecule has 2 N–H and O–H groups in total. The van der Waals surface area contributed by atoms with Crippen LogP contribution in [-0.2, 0) is 0 Å². The molecule has 0 saturated carbocycles. The van der Waals surface area contributed by atoms with Gasteiger partial charge in [-0.15, -0.1) is 0 Å². The second-order valence-corrected chi connectivity index (χ2v) is 7.33. The Morgan fingerprint density at radius 1 is 1.19 bits per heavy atom. The molecule has 5 rings (SSSR count). The van der Waals surface area contributed by atoms with Crippen LogP contribution in [-0.4, -0.2) is 35.7 Å². The van der Waals surface area contributed by atoms with Crippen LogP contribution in [0.15, 0.2) is 12.1 Å². The summed E-state index contributed by atoms with van der Waals surface area (Å²) in [5, 5.41) is 14.3. The monoisotopic (exact) mass is 286 g/mol. The van der Waals surface area contributed by atoms with E-state index >= 15 is 0 Å². The van der Waals surface area contributed by atoms with Gasteiger partial charge < -0.3 is 15.3 Å². The van der Waals surface area contributed by atoms with Crippen molar-refractivity contribution < 1.29 is 5.11 Å². The molecule has 1 aliphatic carbocycles. The van der Waals surface area contributed by atoms with Crippen LogP contribution >= 0.6 is 0 Å². The number of nitrogens with one attached hydrogen (secondary N) is 1. The Morgan fingerprint density at radius 2 is 1.95 bits per heavy atom. The minimum atomic E-state index is 0.334. The van der Waals surface area contributed by atoms with Crippen LogP contribution in [0.3, 0.4) is 0 Å². The van der Waals surface area contributed by atoms with E-state index in [0.29, 0.717) is 23.8 Å². The largest absolute Gasteiger partial charge is 0.508 e. The zero-order chi connectivity index (χ0) is 14.6. The van der Waals surface area contributed by atoms with Crippen LogP contribution in [0.4, 0.5) is 0 Å². The van der Waals surface area contributed by atoms with Gasteiger partial charge in [-0.25, -0.2) is 0 Å². The van der Waals surface area contributed by atoms with Crippen molar-refractivity contribution >= 4 is 0 Å². The molecular formula is C18H26N2O. The summed E-state index contributed by atoms with van der Waals surface area (Å²) in [7, 11) is 0. The summed E-state index contributed by atoms with van der Waals surface area (Å²) < 4.78 is 0. The molecular weight excluding hydrogens is 260 g/mol. The number of aryl methyl sites for hydroxylation is 1. The molecule has 114 valence electrons. The summed E-state index contributed by atoms with van der Waals surface area (Å²) in [6.45, 7) is 8.22. The maximum Gasteiger partial charge on any atom is 0.120 e. The maximum absolute atomic E-state index is 10.4. The first-order chi connectivity index (χ1) is 10.1. The Kier molecular flexibility index (Phi) is 3.23. The van der Waals surface area contributed by atoms with E-state index in [0.717, 1.165) is 12.3 Å². The highest BCUT2D eigenvalue weighted by Gasteiger charge is 2.38. The SMILES string of the molecule is Cc1ccc(O)c2c1C(C)CC2NC1CN2CCC1CC2. The fourth-order valence-electron chi connectivity index (χ4n) is 4.91. The molecule has 1 aromatic carbocycles. The molecule has 1 aromatic rings. The Labute approximate surface area is 127 Å². The topological polar surface area (TPSA) is 35.5 Å². The number of benzene rings is 1. The number of aromatic hydroxyl groups is 1. The number of nitrogens with zero attached hydrogens (tertiary/aromatic N) is 1. The Balaban J connectivity index is 1.60. The highest BCUT2D eigenvalue weighted by molar-refractivity contribution is 5.51. The van der Waals surface area contributed by atoms with Crippen LogP contribution < -0.4 is 5.32 Å². The number of hydrogen-bond acceptors (Lipinski definition) is 3. The molecule has 3 unspecified atom stereocenters. The van der Waals surface area contributed by atoms with Gasteiger partial charge in [0.05, 0.1) is 0 Å². The van der Waals surface area contributed by atoms with Crippen molar-refractivity contribution in [3.8, 4) is 5.75 Å². The van der Waals surface area contributed by atoms with E-state index in [4.69, 9.17) is 0 Å². The lowest BCUT2D eigenvalue weighted by atomic mass is 9.83. The standard InChI is InChI=1S/C18H26N2O/c1-11-3-4-16(21)18-14(9-12(2)17(11)18)19-15-10-20-7-5-13(15)6-8-20/h3-4,12-15,19,21H,5-10H2,1-2H3. The molecule has 0 amide bonds. The van der Waals surface area contributed by atoms with Crippen LogP contribution in [0.25, 0.3) is 0 Å². The van der Waals surface area contributed by atoms with Crippen molar-refractivity contribution in [3.05, 3.63) is 28.8 Å². The molecule has 3 fully saturated rings. The molecule has 4 aliphatic rings. The van der Waals surface area contributed by atoms with Crippen molar-refractivity contribution in [2.24, 2.45) is 5.92 Å². The number of phenolic OH excluding ortho intramolecular Hbond substituents is 1. The van der Waals surface area contributed by atoms with Gasteiger partial charge in [-0.2, -0.15) is 0 Å². The molecule has 0 radical (unpaired) electrons. The summed E-state index contributed by atoms with van der Waals surface area (Å²) in [5.41, 5.74) is 3.89. The maximum atomic E-state index is 10.4. The van der Waals surface area contributed by atoms with Gasteiger partial charge in [-0.1, -0.05) is 13.0 Å². The molecule has 3 atom stereocenters. The summed E-state index contributed by atoms with van der Waals surface area (Å²) in [4.78, 5) is 2.59. The van der Waals surface area contributed by atoms with E-state index in [1.165, 1.54) is 49.2 Å². The summed E-state index contributed by atoms with van der Waals surface area (Å²) in [6, 6.07) is 4.87. The number of hydrogen-bond donors (Lipinski definition) is 2. The minimum Gasteiger partial charge on any atom is -0.508 e. The molecule has 0 aromatic heterocycles. The third-order valence-electron chi connectivity index (χ3n) is 5.98. The lowest BCUT2D eigenvalue weighted by Crippen LogP contribution is -2.56. The molecule has 3 heteroatoms. The van der Waals surface area contributed by atoms with E-state index in [1.54, 1.807) is 0 Å². The second kappa shape index (κ2) is 4.99. The van der Waals surface area contributed by atoms with Gasteiger partial charge in [0.25, 0.3) is 0 Å². The van der Waals surface area contributed by atoms with Gasteiger partial charge in [0, 0.05) is 24.2 Å². The van der Waals surface area contributed by atoms with Crippen molar-refractivity contribution in [2.75, 3.05) is 19.6 Å². The third kappa shape index (κ3) is 2.18. The summed E-state index contributed by atoms with van der Waals surface area (Å²) in [5.74, 6) is 1.87. The zero-order valence-electron chi connectivity index (χ0n) is 13.1. The zero-order valence-corrected chi connectivity index (χ0v) is 13.1. The Hall–Kier alpha value is -1.06. The molecule has 0 spiro atoms. The summed E-state index contributed by atoms with van der Waals surface area (Å²) >= 11 is 0. The molecule has 2 bridgehead atoms. The molecule has 3 aliphatic heterocycles. The van der Waals surface area contributed by atoms with E-state index in [1.807, 2.05) is 6.07 Å². The van der Waals surface area contributed by atoms with E-state index in [2.05, 4.69) is 30.1 Å². The molecule has 3 nitrogen and oxygen atoms in total. The van der Waals surface area contributed by atoms with Gasteiger partial charge in [0.15, 0.2) is 0 Å². The van der Waals surface area contributed by atoms with Crippen LogP contribution in [0.1, 0.15) is 54.8 Å². The number of fused-ring (bicyclic) bond motifs is 4. The quantitative estimate of drug-likeness (QED) is 0.877. The fourth-order valence-corrected chi connectivity index (χ4v) is 4.91. The average molecular weight is 286 g/mol. The lowest BCUT2D eigenvalue weighted by molar-refractivity contribution is 0.0666. The lowest BCUT2D eigenvalue weighted by Gasteiger charge is -2.46. The van der Waals surface area contributed by atoms with Crippen molar-refractivity contribution in [1.29, 1.82) is 0 Å². The predicted molar refractivity (Wildman–Crippen MR) is 84.7 cm³/mol. The number of piperidine rings is 3. The smallest absolute Gasteiger partial charge is 0.120 e. The first kappa shape index (κ1) is 13.6. The van der Waals surface area contributed by atoms with Crippen molar-refractivity contribution in [2.45, 2.75) is 51.1 Å². The van der Waals surface area contributed by atoms with Crippen molar-refractivity contribution in [1.82, 2.24) is 10.2 Å². The van der Waals surface area contributed by atoms with Gasteiger partial charge in [0.2, 0.25) is 0 Å². The Bertz CT molecular complexity index is 548. The fraction of sp³-hybridized carbons (Fsp3) is 0.667. The Morgan fingerprint density at radius 3 is 2.62 bits per heavy atom. The van der Waals surface area contributed by atoms with Gasteiger partial charge in [0.1, 0.15) is 5.75 Å². The predicted octanol–water partition coefficient (Wildman–Crippen LogP) is 2.93. The summed E-state index contributed by atoms with van der Waals surface area (Å²) in [6.07, 6.45) is 3.80. The van der Waals surface area contributed by atoms with Gasteiger partial charge in [-0.05, 0) is 68.3 Å². The second-order valence-electron chi connectivity index (χ2n) is 7.33. The third-order valence-corrected chi connectivity index (χ3v) is 5.98. The van der Waals surface area contributed by atoms with E-state index in [9.17, 15) is 5.11 Å². The average Bonchev–Trinajstić information content (AvgIpc) is 2.82. The highest BCUT2D eigenvalue weighted by Crippen LogP contribution is 2.46. The normalized spacial score (nSPS) is 37.7. The van der Waals surface area contributed by atoms with Gasteiger partial charge >= 0.3 is 0 Å². The highest BCUT2D eigenvalue weighted by atomic mass is 16.3. The van der Waals surface area contributed by atoms with E-state index in [-0.39, 0.29) is 0 Å². The van der Waals surface area contributed by atoms with Crippen LogP contribution in [0.5, 0.6) is 5.75 Å². The van der Waals surface area contributed by atoms with E-state index < -0.39 is 0 Å². The number of phenols is 1. The van der Waals surface area contributed by atoms with Crippen LogP contribution in [0, 0.1) is 12.8 Å². The van der Waals surface area contributed by atoms with Gasteiger partial charge in [-0.3, -0.25) is 0 Å².